The van der Waals surface area contributed by atoms with Crippen molar-refractivity contribution < 1.29 is 23.9 Å². The maximum Gasteiger partial charge on any atom is 0.273 e. The molecule has 0 bridgehead atoms. The highest BCUT2D eigenvalue weighted by atomic mass is 16.6. The van der Waals surface area contributed by atoms with Crippen molar-refractivity contribution >= 4 is 11.6 Å². The molecule has 0 radical (unpaired) electrons. The number of benzene rings is 1. The molecule has 1 unspecified atom stereocenters. The lowest BCUT2D eigenvalue weighted by Crippen LogP contribution is -2.23. The van der Waals surface area contributed by atoms with Crippen LogP contribution >= 0.6 is 0 Å². The molecule has 0 fully saturated rings. The quantitative estimate of drug-likeness (QED) is 0.606. The van der Waals surface area contributed by atoms with Gasteiger partial charge < -0.3 is 19.9 Å². The van der Waals surface area contributed by atoms with Crippen molar-refractivity contribution in [3.8, 4) is 17.2 Å². The molecule has 2 rings (SSSR count). The van der Waals surface area contributed by atoms with Gasteiger partial charge in [-0.3, -0.25) is 19.9 Å². The lowest BCUT2D eigenvalue weighted by molar-refractivity contribution is -0.384. The van der Waals surface area contributed by atoms with E-state index in [1.165, 1.54) is 44.7 Å². The minimum Gasteiger partial charge on any atom is -0.493 e. The third-order valence-electron chi connectivity index (χ3n) is 3.10. The Hall–Kier alpha value is -3.20. The van der Waals surface area contributed by atoms with E-state index in [-0.39, 0.29) is 22.9 Å². The zero-order valence-corrected chi connectivity index (χ0v) is 13.0. The SMILES string of the molecule is COc1cc([N+](=O)[O-])ccc1Oc1ccnc(C(OC)C(N)=O)c1. The predicted octanol–water partition coefficient (Wildman–Crippen LogP) is 1.96. The number of non-ortho nitro benzene ring substituents is 1. The molecule has 0 aliphatic carbocycles. The Morgan fingerprint density at radius 2 is 2.00 bits per heavy atom. The van der Waals surface area contributed by atoms with Gasteiger partial charge in [0.1, 0.15) is 5.75 Å². The van der Waals surface area contributed by atoms with Crippen molar-refractivity contribution in [3.63, 3.8) is 0 Å². The van der Waals surface area contributed by atoms with Crippen LogP contribution < -0.4 is 15.2 Å². The summed E-state index contributed by atoms with van der Waals surface area (Å²) >= 11 is 0. The molecular weight excluding hydrogens is 318 g/mol. The summed E-state index contributed by atoms with van der Waals surface area (Å²) in [5.74, 6) is 0.125. The van der Waals surface area contributed by atoms with Crippen LogP contribution in [-0.4, -0.2) is 30.0 Å². The molecule has 1 aromatic carbocycles. The van der Waals surface area contributed by atoms with Crippen LogP contribution in [0, 0.1) is 10.1 Å². The Morgan fingerprint density at radius 1 is 1.25 bits per heavy atom. The Balaban J connectivity index is 2.31. The second-order valence-electron chi connectivity index (χ2n) is 4.63. The van der Waals surface area contributed by atoms with E-state index >= 15 is 0 Å². The zero-order chi connectivity index (χ0) is 17.7. The number of rotatable bonds is 7. The first-order valence-electron chi connectivity index (χ1n) is 6.74. The summed E-state index contributed by atoms with van der Waals surface area (Å²) in [6, 6.07) is 7.00. The van der Waals surface area contributed by atoms with Crippen molar-refractivity contribution in [2.24, 2.45) is 5.73 Å². The van der Waals surface area contributed by atoms with Crippen LogP contribution in [0.25, 0.3) is 0 Å². The van der Waals surface area contributed by atoms with Gasteiger partial charge in [-0.25, -0.2) is 0 Å². The van der Waals surface area contributed by atoms with Crippen molar-refractivity contribution in [2.75, 3.05) is 14.2 Å². The van der Waals surface area contributed by atoms with E-state index in [2.05, 4.69) is 4.98 Å². The molecule has 1 heterocycles. The van der Waals surface area contributed by atoms with Gasteiger partial charge in [0.25, 0.3) is 11.6 Å². The molecule has 0 spiro atoms. The lowest BCUT2D eigenvalue weighted by Gasteiger charge is -2.13. The fourth-order valence-corrected chi connectivity index (χ4v) is 2.00. The number of carbonyl (C=O) groups is 1. The fraction of sp³-hybridized carbons (Fsp3) is 0.200. The second kappa shape index (κ2) is 7.38. The van der Waals surface area contributed by atoms with Gasteiger partial charge in [0.05, 0.1) is 23.8 Å². The van der Waals surface area contributed by atoms with E-state index in [9.17, 15) is 14.9 Å². The van der Waals surface area contributed by atoms with Crippen LogP contribution in [-0.2, 0) is 9.53 Å². The van der Waals surface area contributed by atoms with Crippen LogP contribution in [0.3, 0.4) is 0 Å². The van der Waals surface area contributed by atoms with Crippen LogP contribution in [0.1, 0.15) is 11.8 Å². The van der Waals surface area contributed by atoms with Gasteiger partial charge in [-0.15, -0.1) is 0 Å². The Kier molecular flexibility index (Phi) is 5.27. The highest BCUT2D eigenvalue weighted by Gasteiger charge is 2.19. The first kappa shape index (κ1) is 17.2. The molecule has 1 atom stereocenters. The molecular formula is C15H15N3O6. The smallest absolute Gasteiger partial charge is 0.273 e. The number of nitrogens with zero attached hydrogens (tertiary/aromatic N) is 2. The van der Waals surface area contributed by atoms with Gasteiger partial charge >= 0.3 is 0 Å². The topological polar surface area (TPSA) is 127 Å². The molecule has 2 aromatic rings. The summed E-state index contributed by atoms with van der Waals surface area (Å²) in [6.45, 7) is 0. The Labute approximate surface area is 137 Å². The number of nitrogens with two attached hydrogens (primary N) is 1. The van der Waals surface area contributed by atoms with Gasteiger partial charge in [-0.05, 0) is 12.1 Å². The van der Waals surface area contributed by atoms with E-state index in [0.29, 0.717) is 5.75 Å². The van der Waals surface area contributed by atoms with E-state index in [4.69, 9.17) is 19.9 Å². The number of ether oxygens (including phenoxy) is 3. The number of hydrogen-bond donors (Lipinski definition) is 1. The lowest BCUT2D eigenvalue weighted by atomic mass is 10.2. The summed E-state index contributed by atoms with van der Waals surface area (Å²) < 4.78 is 15.8. The molecule has 0 saturated carbocycles. The van der Waals surface area contributed by atoms with Crippen molar-refractivity contribution in [2.45, 2.75) is 6.10 Å². The molecule has 9 nitrogen and oxygen atoms in total. The standard InChI is InChI=1S/C15H15N3O6/c1-22-13-7-9(18(20)21)3-4-12(13)24-10-5-6-17-11(8-10)14(23-2)15(16)19/h3-8,14H,1-2H3,(H2,16,19). The third kappa shape index (κ3) is 3.76. The molecule has 0 aliphatic rings. The zero-order valence-electron chi connectivity index (χ0n) is 13.0. The normalized spacial score (nSPS) is 11.6. The van der Waals surface area contributed by atoms with Crippen molar-refractivity contribution in [1.82, 2.24) is 4.98 Å². The minimum absolute atomic E-state index is 0.122. The summed E-state index contributed by atoms with van der Waals surface area (Å²) in [7, 11) is 2.71. The molecule has 24 heavy (non-hydrogen) atoms. The fourth-order valence-electron chi connectivity index (χ4n) is 2.00. The van der Waals surface area contributed by atoms with E-state index < -0.39 is 16.9 Å². The number of aromatic nitrogens is 1. The van der Waals surface area contributed by atoms with E-state index in [0.717, 1.165) is 0 Å². The largest absolute Gasteiger partial charge is 0.493 e. The van der Waals surface area contributed by atoms with Crippen LogP contribution in [0.5, 0.6) is 17.2 Å². The van der Waals surface area contributed by atoms with E-state index in [1.54, 1.807) is 6.07 Å². The monoisotopic (exact) mass is 333 g/mol. The van der Waals surface area contributed by atoms with Crippen molar-refractivity contribution in [1.29, 1.82) is 0 Å². The maximum absolute atomic E-state index is 11.3. The number of nitro groups is 1. The third-order valence-corrected chi connectivity index (χ3v) is 3.10. The molecule has 0 saturated heterocycles. The van der Waals surface area contributed by atoms with Crippen LogP contribution in [0.15, 0.2) is 36.5 Å². The highest BCUT2D eigenvalue weighted by molar-refractivity contribution is 5.80. The predicted molar refractivity (Wildman–Crippen MR) is 82.9 cm³/mol. The first-order valence-corrected chi connectivity index (χ1v) is 6.74. The highest BCUT2D eigenvalue weighted by Crippen LogP contribution is 2.34. The average Bonchev–Trinajstić information content (AvgIpc) is 2.55. The van der Waals surface area contributed by atoms with Gasteiger partial charge in [-0.2, -0.15) is 0 Å². The number of primary amides is 1. The molecule has 1 amide bonds. The van der Waals surface area contributed by atoms with Gasteiger partial charge in [0.15, 0.2) is 17.6 Å². The first-order chi connectivity index (χ1) is 11.5. The number of carbonyl (C=O) groups excluding carboxylic acids is 1. The summed E-state index contributed by atoms with van der Waals surface area (Å²) in [4.78, 5) is 25.6. The molecule has 1 aromatic heterocycles. The summed E-state index contributed by atoms with van der Waals surface area (Å²) in [6.07, 6.45) is 0.421. The Morgan fingerprint density at radius 3 is 2.58 bits per heavy atom. The summed E-state index contributed by atoms with van der Waals surface area (Å²) in [5, 5.41) is 10.8. The van der Waals surface area contributed by atoms with Gasteiger partial charge in [0, 0.05) is 25.4 Å². The van der Waals surface area contributed by atoms with Gasteiger partial charge in [0.2, 0.25) is 0 Å². The number of methoxy groups -OCH3 is 2. The Bertz CT molecular complexity index is 765. The van der Waals surface area contributed by atoms with Crippen molar-refractivity contribution in [3.05, 3.63) is 52.3 Å². The number of pyridine rings is 1. The van der Waals surface area contributed by atoms with Crippen LogP contribution in [0.4, 0.5) is 5.69 Å². The molecule has 2 N–H and O–H groups in total. The van der Waals surface area contributed by atoms with Gasteiger partial charge in [-0.1, -0.05) is 0 Å². The second-order valence-corrected chi connectivity index (χ2v) is 4.63. The summed E-state index contributed by atoms with van der Waals surface area (Å²) in [5.41, 5.74) is 5.40. The maximum atomic E-state index is 11.3. The average molecular weight is 333 g/mol. The van der Waals surface area contributed by atoms with Crippen LogP contribution in [0.2, 0.25) is 0 Å². The van der Waals surface area contributed by atoms with E-state index in [1.807, 2.05) is 0 Å². The molecule has 0 aliphatic heterocycles. The molecule has 9 heteroatoms. The number of amides is 1. The number of nitro benzene ring substituents is 1. The molecule has 126 valence electrons. The minimum atomic E-state index is -1.01. The number of hydrogen-bond acceptors (Lipinski definition) is 7.